The first-order valence-electron chi connectivity index (χ1n) is 8.58. The summed E-state index contributed by atoms with van der Waals surface area (Å²) in [7, 11) is 0. The molecular formula is C16H17HgN5O7S+. The normalized spacial score (nSPS) is 23.2. The number of non-ortho nitro benzene ring substituents is 1. The second kappa shape index (κ2) is 9.41. The van der Waals surface area contributed by atoms with E-state index >= 15 is 0 Å². The predicted octanol–water partition coefficient (Wildman–Crippen LogP) is -1.35. The summed E-state index contributed by atoms with van der Waals surface area (Å²) in [5.74, 6) is 0.166. The van der Waals surface area contributed by atoms with Crippen molar-refractivity contribution < 1.29 is 56.2 Å². The molecule has 1 aromatic carbocycles. The Bertz CT molecular complexity index is 1120. The number of nitro benzene ring substituents is 1. The average Bonchev–Trinajstić information content (AvgIpc) is 3.27. The number of hydrogen-bond donors (Lipinski definition) is 5. The SMILES string of the molecule is O=[N+]([O-])c1ccc(O)[c]([Hg])c1.OCC1OC(n2cnc3c(=[SH+])[nH]cnc32)C(O)C1O. The second-order valence-corrected chi connectivity index (χ2v) is 9.78. The molecule has 155 valence electrons. The molecule has 1 fully saturated rings. The number of fused-ring (bicyclic) bond motifs is 1. The van der Waals surface area contributed by atoms with Crippen molar-refractivity contribution in [3.05, 3.63) is 45.6 Å². The monoisotopic (exact) mass is 625 g/mol. The molecule has 5 N–H and O–H groups in total. The minimum Gasteiger partial charge on any atom is -0.394 e. The quantitative estimate of drug-likeness (QED) is 0.0589. The first kappa shape index (κ1) is 22.6. The van der Waals surface area contributed by atoms with Crippen LogP contribution in [0.3, 0.4) is 0 Å². The van der Waals surface area contributed by atoms with Crippen molar-refractivity contribution in [3.8, 4) is 5.75 Å². The number of phenolic OH excluding ortho intramolecular Hbond substituents is 1. The number of rotatable bonds is 3. The summed E-state index contributed by atoms with van der Waals surface area (Å²) in [6, 6.07) is 4.07. The number of ether oxygens (including phenoxy) is 1. The van der Waals surface area contributed by atoms with E-state index in [0.29, 0.717) is 18.9 Å². The fourth-order valence-corrected chi connectivity index (χ4v) is 4.34. The van der Waals surface area contributed by atoms with Gasteiger partial charge in [-0.3, -0.25) is 9.55 Å². The number of aromatic hydroxyl groups is 1. The van der Waals surface area contributed by atoms with Crippen LogP contribution in [-0.2, 0) is 43.1 Å². The minimum atomic E-state index is -1.16. The molecule has 2 aromatic heterocycles. The Kier molecular flexibility index (Phi) is 7.10. The fourth-order valence-electron chi connectivity index (χ4n) is 2.85. The van der Waals surface area contributed by atoms with Crippen LogP contribution in [0.2, 0.25) is 0 Å². The number of imidazole rings is 1. The van der Waals surface area contributed by atoms with Crippen LogP contribution in [0.25, 0.3) is 11.2 Å². The molecule has 3 heterocycles. The summed E-state index contributed by atoms with van der Waals surface area (Å²) in [6.45, 7) is -0.375. The number of H-pyrrole nitrogens is 1. The molecular weight excluding hydrogens is 607 g/mol. The first-order chi connectivity index (χ1) is 14.2. The number of nitro groups is 1. The van der Waals surface area contributed by atoms with Gasteiger partial charge in [0.2, 0.25) is 0 Å². The minimum absolute atomic E-state index is 0.0489. The summed E-state index contributed by atoms with van der Waals surface area (Å²) in [5.41, 5.74) is 1.05. The van der Waals surface area contributed by atoms with E-state index in [1.807, 2.05) is 0 Å². The third kappa shape index (κ3) is 4.50. The molecule has 4 rings (SSSR count). The third-order valence-electron chi connectivity index (χ3n) is 4.45. The van der Waals surface area contributed by atoms with Gasteiger partial charge in [-0.1, -0.05) is 0 Å². The van der Waals surface area contributed by atoms with Gasteiger partial charge in [0, 0.05) is 0 Å². The summed E-state index contributed by atoms with van der Waals surface area (Å²) < 4.78 is 8.18. The van der Waals surface area contributed by atoms with Crippen LogP contribution < -0.4 is 3.07 Å². The zero-order chi connectivity index (χ0) is 22.0. The Morgan fingerprint density at radius 1 is 1.33 bits per heavy atom. The molecule has 0 spiro atoms. The van der Waals surface area contributed by atoms with Crippen molar-refractivity contribution in [1.29, 1.82) is 0 Å². The number of thiol groups is 1. The fraction of sp³-hybridized carbons (Fsp3) is 0.312. The molecule has 1 saturated heterocycles. The van der Waals surface area contributed by atoms with Crippen LogP contribution in [-0.4, -0.2) is 69.8 Å². The molecule has 30 heavy (non-hydrogen) atoms. The van der Waals surface area contributed by atoms with E-state index in [4.69, 9.17) is 14.9 Å². The largest absolute Gasteiger partial charge is 0.394 e. The molecule has 0 amide bonds. The van der Waals surface area contributed by atoms with Gasteiger partial charge >= 0.3 is 83.6 Å². The molecule has 14 heteroatoms. The number of aliphatic hydroxyl groups excluding tert-OH is 3. The number of hydrogen-bond acceptors (Lipinski definition) is 9. The van der Waals surface area contributed by atoms with E-state index < -0.39 is 29.5 Å². The van der Waals surface area contributed by atoms with Crippen LogP contribution in [0.1, 0.15) is 6.23 Å². The smallest absolute Gasteiger partial charge is 0.323 e. The number of phenols is 1. The third-order valence-corrected chi connectivity index (χ3v) is 6.99. The van der Waals surface area contributed by atoms with Crippen molar-refractivity contribution in [1.82, 2.24) is 19.5 Å². The molecule has 1 aliphatic heterocycles. The van der Waals surface area contributed by atoms with Gasteiger partial charge in [0.05, 0.1) is 19.3 Å². The summed E-state index contributed by atoms with van der Waals surface area (Å²) in [6.07, 6.45) is -1.10. The van der Waals surface area contributed by atoms with Gasteiger partial charge < -0.3 is 20.1 Å². The Hall–Kier alpha value is -2.03. The van der Waals surface area contributed by atoms with Gasteiger partial charge in [-0.25, -0.2) is 9.97 Å². The van der Waals surface area contributed by atoms with Crippen molar-refractivity contribution in [2.75, 3.05) is 6.61 Å². The van der Waals surface area contributed by atoms with Crippen LogP contribution in [0.15, 0.2) is 30.9 Å². The molecule has 0 aliphatic carbocycles. The number of nitrogens with zero attached hydrogens (tertiary/aromatic N) is 4. The van der Waals surface area contributed by atoms with Crippen molar-refractivity contribution >= 4 is 32.1 Å². The Morgan fingerprint density at radius 3 is 2.67 bits per heavy atom. The number of aromatic nitrogens is 4. The molecule has 4 atom stereocenters. The van der Waals surface area contributed by atoms with Crippen LogP contribution >= 0.6 is 0 Å². The molecule has 0 saturated carbocycles. The number of aromatic amines is 1. The van der Waals surface area contributed by atoms with Gasteiger partial charge in [-0.15, -0.1) is 0 Å². The maximum absolute atomic E-state index is 10.2. The van der Waals surface area contributed by atoms with E-state index in [2.05, 4.69) is 27.2 Å². The standard InChI is InChI=1S/C10H12N4O4S.C6H4NO3.Hg/c15-1-4-6(16)7(17)10(18-4)14-3-13-5-8(14)11-2-12-9(5)19;8-6-3-1-5(2-4-6)7(9)10;/h2-4,6-7,10,15-17H,1H2,(H,11,12,19);1-3,8H;/p+1. The molecule has 0 bridgehead atoms. The van der Waals surface area contributed by atoms with Crippen molar-refractivity contribution in [2.45, 2.75) is 24.5 Å². The molecule has 0 radical (unpaired) electrons. The Labute approximate surface area is 189 Å². The predicted molar refractivity (Wildman–Crippen MR) is 101 cm³/mol. The zero-order valence-electron chi connectivity index (χ0n) is 15.4. The summed E-state index contributed by atoms with van der Waals surface area (Å²) in [4.78, 5) is 20.8. The summed E-state index contributed by atoms with van der Waals surface area (Å²) in [5, 5.41) is 48.0. The first-order valence-corrected chi connectivity index (χ1v) is 11.8. The topological polar surface area (TPSA) is 180 Å². The van der Waals surface area contributed by atoms with Crippen LogP contribution in [0.5, 0.6) is 5.75 Å². The van der Waals surface area contributed by atoms with E-state index in [1.54, 1.807) is 0 Å². The summed E-state index contributed by atoms with van der Waals surface area (Å²) >= 11 is 4.44. The second-order valence-electron chi connectivity index (χ2n) is 6.37. The Morgan fingerprint density at radius 2 is 2.07 bits per heavy atom. The van der Waals surface area contributed by atoms with E-state index in [-0.39, 0.29) is 44.2 Å². The van der Waals surface area contributed by atoms with E-state index in [0.717, 1.165) is 0 Å². The zero-order valence-corrected chi connectivity index (χ0v) is 21.8. The van der Waals surface area contributed by atoms with E-state index in [1.165, 1.54) is 35.4 Å². The number of benzene rings is 1. The molecule has 1 aliphatic rings. The van der Waals surface area contributed by atoms with Gasteiger partial charge in [-0.2, -0.15) is 0 Å². The van der Waals surface area contributed by atoms with Gasteiger partial charge in [0.25, 0.3) is 0 Å². The number of nitrogens with one attached hydrogen (secondary N) is 1. The molecule has 12 nitrogen and oxygen atoms in total. The molecule has 4 unspecified atom stereocenters. The van der Waals surface area contributed by atoms with Crippen molar-refractivity contribution in [3.63, 3.8) is 0 Å². The molecule has 3 aromatic rings. The maximum Gasteiger partial charge on any atom is 0.323 e. The van der Waals surface area contributed by atoms with Gasteiger partial charge in [-0.05, 0) is 0 Å². The average molecular weight is 624 g/mol. The Balaban J connectivity index is 0.000000199. The van der Waals surface area contributed by atoms with E-state index in [9.17, 15) is 20.3 Å². The van der Waals surface area contributed by atoms with Crippen LogP contribution in [0.4, 0.5) is 5.69 Å². The maximum atomic E-state index is 10.2. The number of aliphatic hydroxyl groups is 3. The van der Waals surface area contributed by atoms with Gasteiger partial charge in [0.1, 0.15) is 18.3 Å². The van der Waals surface area contributed by atoms with Crippen molar-refractivity contribution in [2.24, 2.45) is 0 Å². The van der Waals surface area contributed by atoms with Crippen LogP contribution in [0, 0.1) is 14.8 Å². The van der Waals surface area contributed by atoms with Gasteiger partial charge in [0.15, 0.2) is 29.6 Å².